The summed E-state index contributed by atoms with van der Waals surface area (Å²) < 4.78 is 24.7. The first-order valence-electron chi connectivity index (χ1n) is 6.89. The number of fused-ring (bicyclic) bond motifs is 1. The van der Waals surface area contributed by atoms with Gasteiger partial charge in [0.1, 0.15) is 5.15 Å². The Hall–Kier alpha value is -0.690. The molecule has 4 nitrogen and oxygen atoms in total. The van der Waals surface area contributed by atoms with Gasteiger partial charge in [-0.2, -0.15) is 0 Å². The smallest absolute Gasteiger partial charge is 0.151 e. The Balaban J connectivity index is 1.78. The van der Waals surface area contributed by atoms with Crippen LogP contribution < -0.4 is 0 Å². The van der Waals surface area contributed by atoms with E-state index in [-0.39, 0.29) is 11.7 Å². The molecule has 1 atom stereocenters. The summed E-state index contributed by atoms with van der Waals surface area (Å²) in [4.78, 5) is 7.73. The van der Waals surface area contributed by atoms with Crippen LogP contribution in [0.4, 0.5) is 0 Å². The van der Waals surface area contributed by atoms with Gasteiger partial charge in [-0.25, -0.2) is 13.4 Å². The second-order valence-corrected chi connectivity index (χ2v) is 9.47. The molecule has 21 heavy (non-hydrogen) atoms. The molecule has 0 aromatic carbocycles. The Bertz CT molecular complexity index is 757. The van der Waals surface area contributed by atoms with E-state index in [9.17, 15) is 8.42 Å². The lowest BCUT2D eigenvalue weighted by molar-refractivity contribution is 0.259. The van der Waals surface area contributed by atoms with Gasteiger partial charge in [0.15, 0.2) is 9.84 Å². The van der Waals surface area contributed by atoms with E-state index in [1.54, 1.807) is 17.4 Å². The highest BCUT2D eigenvalue weighted by molar-refractivity contribution is 7.91. The molecular formula is C14H17ClN2O2S2. The molecule has 1 aliphatic heterocycles. The quantitative estimate of drug-likeness (QED) is 0.786. The summed E-state index contributed by atoms with van der Waals surface area (Å²) >= 11 is 7.60. The zero-order valence-electron chi connectivity index (χ0n) is 11.8. The van der Waals surface area contributed by atoms with E-state index >= 15 is 0 Å². The van der Waals surface area contributed by atoms with Crippen LogP contribution in [0.15, 0.2) is 18.2 Å². The molecule has 0 radical (unpaired) electrons. The summed E-state index contributed by atoms with van der Waals surface area (Å²) in [6, 6.07) is 5.83. The molecule has 0 bridgehead atoms. The van der Waals surface area contributed by atoms with Crippen LogP contribution in [0.25, 0.3) is 10.2 Å². The summed E-state index contributed by atoms with van der Waals surface area (Å²) in [6.45, 7) is 4.21. The number of nitrogens with zero attached hydrogens (tertiary/aromatic N) is 2. The lowest BCUT2D eigenvalue weighted by Gasteiger charge is -2.20. The van der Waals surface area contributed by atoms with E-state index in [0.29, 0.717) is 17.5 Å². The molecule has 1 unspecified atom stereocenters. The van der Waals surface area contributed by atoms with E-state index in [1.165, 1.54) is 4.88 Å². The number of thiophene rings is 1. The zero-order valence-corrected chi connectivity index (χ0v) is 14.1. The summed E-state index contributed by atoms with van der Waals surface area (Å²) in [5, 5.41) is 0.501. The van der Waals surface area contributed by atoms with Crippen molar-refractivity contribution in [1.29, 1.82) is 0 Å². The molecule has 3 rings (SSSR count). The van der Waals surface area contributed by atoms with Crippen molar-refractivity contribution in [2.45, 2.75) is 13.5 Å². The van der Waals surface area contributed by atoms with Crippen LogP contribution in [0.2, 0.25) is 5.15 Å². The fraction of sp³-hybridized carbons (Fsp3) is 0.500. The third kappa shape index (κ3) is 3.74. The number of halogens is 1. The summed E-state index contributed by atoms with van der Waals surface area (Å²) in [7, 11) is -2.89. The zero-order chi connectivity index (χ0) is 15.0. The molecule has 2 aromatic rings. The topological polar surface area (TPSA) is 50.3 Å². The molecule has 114 valence electrons. The molecule has 1 fully saturated rings. The largest absolute Gasteiger partial charge is 0.297 e. The molecule has 0 amide bonds. The highest BCUT2D eigenvalue weighted by Crippen LogP contribution is 2.27. The number of hydrogen-bond acceptors (Lipinski definition) is 5. The second kappa shape index (κ2) is 5.83. The van der Waals surface area contributed by atoms with Gasteiger partial charge in [0, 0.05) is 24.5 Å². The molecule has 2 aromatic heterocycles. The Labute approximate surface area is 133 Å². The van der Waals surface area contributed by atoms with Crippen molar-refractivity contribution in [3.05, 3.63) is 28.2 Å². The number of hydrogen-bond donors (Lipinski definition) is 0. The third-order valence-electron chi connectivity index (χ3n) is 3.60. The average molecular weight is 345 g/mol. The minimum Gasteiger partial charge on any atom is -0.297 e. The van der Waals surface area contributed by atoms with Crippen LogP contribution in [0.3, 0.4) is 0 Å². The minimum atomic E-state index is -2.89. The normalized spacial score (nSPS) is 23.2. The number of aromatic nitrogens is 1. The van der Waals surface area contributed by atoms with Crippen LogP contribution in [0.1, 0.15) is 11.8 Å². The standard InChI is InChI=1S/C14H17ClN2O2S2/c1-10-7-17(4-5-21(18,19)9-10)8-11-6-12-13(20-11)2-3-14(15)16-12/h2-3,6,10H,4-5,7-9H2,1H3. The van der Waals surface area contributed by atoms with Crippen LogP contribution in [0.5, 0.6) is 0 Å². The molecule has 1 saturated heterocycles. The predicted octanol–water partition coefficient (Wildman–Crippen LogP) is 2.82. The molecule has 7 heteroatoms. The van der Waals surface area contributed by atoms with Gasteiger partial charge in [0.25, 0.3) is 0 Å². The van der Waals surface area contributed by atoms with Gasteiger partial charge in [-0.1, -0.05) is 18.5 Å². The van der Waals surface area contributed by atoms with Gasteiger partial charge in [-0.05, 0) is 24.1 Å². The first-order valence-corrected chi connectivity index (χ1v) is 9.91. The van der Waals surface area contributed by atoms with Gasteiger partial charge in [-0.15, -0.1) is 11.3 Å². The lowest BCUT2D eigenvalue weighted by atomic mass is 10.2. The first-order chi connectivity index (χ1) is 9.91. The van der Waals surface area contributed by atoms with E-state index < -0.39 is 9.84 Å². The molecule has 3 heterocycles. The van der Waals surface area contributed by atoms with Crippen molar-refractivity contribution < 1.29 is 8.42 Å². The predicted molar refractivity (Wildman–Crippen MR) is 87.7 cm³/mol. The molecule has 0 N–H and O–H groups in total. The van der Waals surface area contributed by atoms with Crippen molar-refractivity contribution in [2.75, 3.05) is 24.6 Å². The molecule has 0 aliphatic carbocycles. The van der Waals surface area contributed by atoms with Crippen molar-refractivity contribution in [2.24, 2.45) is 5.92 Å². The van der Waals surface area contributed by atoms with Gasteiger partial charge in [0.2, 0.25) is 0 Å². The van der Waals surface area contributed by atoms with Crippen LogP contribution >= 0.6 is 22.9 Å². The fourth-order valence-electron chi connectivity index (χ4n) is 2.76. The number of rotatable bonds is 2. The summed E-state index contributed by atoms with van der Waals surface area (Å²) in [6.07, 6.45) is 0. The van der Waals surface area contributed by atoms with Crippen molar-refractivity contribution in [3.63, 3.8) is 0 Å². The Kier molecular flexibility index (Phi) is 4.23. The van der Waals surface area contributed by atoms with Gasteiger partial charge in [0.05, 0.1) is 21.7 Å². The van der Waals surface area contributed by atoms with Crippen molar-refractivity contribution >= 4 is 43.0 Å². The maximum Gasteiger partial charge on any atom is 0.151 e. The Morgan fingerprint density at radius 3 is 3.10 bits per heavy atom. The lowest BCUT2D eigenvalue weighted by Crippen LogP contribution is -2.28. The van der Waals surface area contributed by atoms with Crippen molar-refractivity contribution in [3.8, 4) is 0 Å². The van der Waals surface area contributed by atoms with Crippen molar-refractivity contribution in [1.82, 2.24) is 9.88 Å². The van der Waals surface area contributed by atoms with E-state index in [2.05, 4.69) is 16.0 Å². The highest BCUT2D eigenvalue weighted by Gasteiger charge is 2.24. The number of sulfone groups is 1. The second-order valence-electron chi connectivity index (χ2n) is 5.68. The van der Waals surface area contributed by atoms with Gasteiger partial charge < -0.3 is 0 Å². The van der Waals surface area contributed by atoms with E-state index in [4.69, 9.17) is 11.6 Å². The third-order valence-corrected chi connectivity index (χ3v) is 6.76. The van der Waals surface area contributed by atoms with Crippen LogP contribution in [0, 0.1) is 5.92 Å². The average Bonchev–Trinajstić information content (AvgIpc) is 2.70. The maximum absolute atomic E-state index is 11.8. The maximum atomic E-state index is 11.8. The fourth-order valence-corrected chi connectivity index (χ4v) is 5.64. The molecule has 1 aliphatic rings. The highest BCUT2D eigenvalue weighted by atomic mass is 35.5. The van der Waals surface area contributed by atoms with Crippen LogP contribution in [-0.2, 0) is 16.4 Å². The summed E-state index contributed by atoms with van der Waals surface area (Å²) in [5.41, 5.74) is 0.915. The molecular weight excluding hydrogens is 328 g/mol. The van der Waals surface area contributed by atoms with Crippen LogP contribution in [-0.4, -0.2) is 42.9 Å². The van der Waals surface area contributed by atoms with Gasteiger partial charge in [-0.3, -0.25) is 4.90 Å². The summed E-state index contributed by atoms with van der Waals surface area (Å²) in [5.74, 6) is 0.735. The SMILES string of the molecule is CC1CN(Cc2cc3nc(Cl)ccc3s2)CCS(=O)(=O)C1. The number of pyridine rings is 1. The van der Waals surface area contributed by atoms with E-state index in [0.717, 1.165) is 23.3 Å². The molecule has 0 saturated carbocycles. The Morgan fingerprint density at radius 1 is 1.48 bits per heavy atom. The minimum absolute atomic E-state index is 0.180. The first kappa shape index (κ1) is 15.2. The molecule has 0 spiro atoms. The Morgan fingerprint density at radius 2 is 2.29 bits per heavy atom. The monoisotopic (exact) mass is 344 g/mol. The van der Waals surface area contributed by atoms with E-state index in [1.807, 2.05) is 13.0 Å². The van der Waals surface area contributed by atoms with Gasteiger partial charge >= 0.3 is 0 Å².